The van der Waals surface area contributed by atoms with E-state index in [1.807, 2.05) is 19.1 Å². The van der Waals surface area contributed by atoms with Gasteiger partial charge in [0.25, 0.3) is 0 Å². The zero-order valence-corrected chi connectivity index (χ0v) is 22.8. The van der Waals surface area contributed by atoms with Crippen molar-refractivity contribution in [3.05, 3.63) is 35.5 Å². The minimum absolute atomic E-state index is 0.0722. The standard InChI is InChI=1S/C29H41FN2O4S/c1-2-36-22-7-8-26-24(17-22)28(21(20-33)19-31-26)25(30)9-10-29(18-27(34)35)11-13-32(14-12-29)15-16-37-23-5-3-4-6-23/h7-8,17,19,23,25,33H,2-6,9-16,18,20H2,1H3,(H,34,35)/t25-/m0/s1. The van der Waals surface area contributed by atoms with Crippen LogP contribution in [-0.2, 0) is 11.4 Å². The van der Waals surface area contributed by atoms with Gasteiger partial charge >= 0.3 is 5.97 Å². The maximum atomic E-state index is 15.9. The molecule has 2 heterocycles. The molecule has 0 spiro atoms. The van der Waals surface area contributed by atoms with Gasteiger partial charge in [-0.1, -0.05) is 12.8 Å². The summed E-state index contributed by atoms with van der Waals surface area (Å²) in [6, 6.07) is 5.42. The number of carboxylic acids is 1. The molecule has 1 atom stereocenters. The van der Waals surface area contributed by atoms with E-state index < -0.39 is 17.6 Å². The van der Waals surface area contributed by atoms with Crippen molar-refractivity contribution in [2.24, 2.45) is 5.41 Å². The van der Waals surface area contributed by atoms with Crippen molar-refractivity contribution in [2.75, 3.05) is 32.0 Å². The molecule has 0 unspecified atom stereocenters. The third kappa shape index (κ3) is 7.36. The number of aliphatic hydroxyl groups excluding tert-OH is 1. The minimum Gasteiger partial charge on any atom is -0.494 e. The molecule has 1 aromatic heterocycles. The molecule has 0 bridgehead atoms. The number of fused-ring (bicyclic) bond motifs is 1. The Kier molecular flexibility index (Phi) is 10.1. The lowest BCUT2D eigenvalue weighted by atomic mass is 9.71. The van der Waals surface area contributed by atoms with Gasteiger partial charge in [-0.3, -0.25) is 9.78 Å². The molecule has 0 amide bonds. The molecule has 1 aliphatic heterocycles. The Morgan fingerprint density at radius 2 is 2.05 bits per heavy atom. The van der Waals surface area contributed by atoms with Gasteiger partial charge in [0, 0.05) is 40.3 Å². The number of halogens is 1. The monoisotopic (exact) mass is 532 g/mol. The first-order valence-corrected chi connectivity index (χ1v) is 14.8. The predicted octanol–water partition coefficient (Wildman–Crippen LogP) is 6.15. The SMILES string of the molecule is CCOc1ccc2ncc(CO)c([C@@H](F)CCC3(CC(=O)O)CCN(CCSC4CCCC4)CC3)c2c1. The van der Waals surface area contributed by atoms with Crippen LogP contribution in [-0.4, -0.2) is 63.3 Å². The van der Waals surface area contributed by atoms with E-state index >= 15 is 4.39 Å². The molecule has 4 rings (SSSR count). The predicted molar refractivity (Wildman–Crippen MR) is 147 cm³/mol. The molecule has 2 aromatic rings. The summed E-state index contributed by atoms with van der Waals surface area (Å²) in [7, 11) is 0. The van der Waals surface area contributed by atoms with Crippen molar-refractivity contribution >= 4 is 28.6 Å². The van der Waals surface area contributed by atoms with Crippen molar-refractivity contribution in [1.82, 2.24) is 9.88 Å². The van der Waals surface area contributed by atoms with Crippen LogP contribution in [0, 0.1) is 5.41 Å². The molecule has 2 N–H and O–H groups in total. The Hall–Kier alpha value is -1.90. The Balaban J connectivity index is 1.42. The highest BCUT2D eigenvalue weighted by Gasteiger charge is 2.37. The normalized spacial score (nSPS) is 19.3. The maximum absolute atomic E-state index is 15.9. The topological polar surface area (TPSA) is 82.9 Å². The molecule has 1 aliphatic carbocycles. The molecule has 37 heavy (non-hydrogen) atoms. The van der Waals surface area contributed by atoms with E-state index in [1.54, 1.807) is 12.3 Å². The lowest BCUT2D eigenvalue weighted by Crippen LogP contribution is -2.42. The summed E-state index contributed by atoms with van der Waals surface area (Å²) < 4.78 is 21.6. The summed E-state index contributed by atoms with van der Waals surface area (Å²) in [6.45, 7) is 4.88. The van der Waals surface area contributed by atoms with Gasteiger partial charge in [-0.05, 0) is 82.2 Å². The first-order valence-electron chi connectivity index (χ1n) is 13.8. The van der Waals surface area contributed by atoms with Crippen LogP contribution >= 0.6 is 11.8 Å². The van der Waals surface area contributed by atoms with Crippen LogP contribution in [0.2, 0.25) is 0 Å². The number of aliphatic carboxylic acids is 1. The number of hydrogen-bond donors (Lipinski definition) is 2. The van der Waals surface area contributed by atoms with Crippen molar-refractivity contribution in [1.29, 1.82) is 0 Å². The Labute approximate surface area is 224 Å². The van der Waals surface area contributed by atoms with E-state index in [0.717, 1.165) is 43.5 Å². The van der Waals surface area contributed by atoms with Crippen molar-refractivity contribution in [3.8, 4) is 5.75 Å². The Morgan fingerprint density at radius 3 is 2.73 bits per heavy atom. The number of likely N-dealkylation sites (tertiary alicyclic amines) is 1. The first-order chi connectivity index (χ1) is 17.9. The number of nitrogens with zero attached hydrogens (tertiary/aromatic N) is 2. The summed E-state index contributed by atoms with van der Waals surface area (Å²) >= 11 is 2.09. The van der Waals surface area contributed by atoms with Crippen LogP contribution in [0.25, 0.3) is 10.9 Å². The number of ether oxygens (including phenoxy) is 1. The van der Waals surface area contributed by atoms with Gasteiger partial charge in [0.1, 0.15) is 11.9 Å². The van der Waals surface area contributed by atoms with E-state index in [1.165, 1.54) is 25.7 Å². The minimum atomic E-state index is -1.32. The fraction of sp³-hybridized carbons (Fsp3) is 0.655. The van der Waals surface area contributed by atoms with E-state index in [-0.39, 0.29) is 19.4 Å². The fourth-order valence-electron chi connectivity index (χ4n) is 6.05. The summed E-state index contributed by atoms with van der Waals surface area (Å²) in [6.07, 6.45) is 7.97. The highest BCUT2D eigenvalue weighted by Crippen LogP contribution is 2.43. The second-order valence-corrected chi connectivity index (χ2v) is 12.1. The van der Waals surface area contributed by atoms with Gasteiger partial charge in [-0.25, -0.2) is 4.39 Å². The third-order valence-corrected chi connectivity index (χ3v) is 9.55. The number of piperidine rings is 1. The number of rotatable bonds is 13. The summed E-state index contributed by atoms with van der Waals surface area (Å²) in [5.41, 5.74) is 1.17. The van der Waals surface area contributed by atoms with Gasteiger partial charge in [-0.2, -0.15) is 11.8 Å². The number of carbonyl (C=O) groups is 1. The van der Waals surface area contributed by atoms with Crippen LogP contribution in [0.5, 0.6) is 5.75 Å². The Bertz CT molecular complexity index is 1040. The summed E-state index contributed by atoms with van der Waals surface area (Å²) in [5.74, 6) is 0.958. The first kappa shape index (κ1) is 28.1. The number of benzene rings is 1. The number of thioether (sulfide) groups is 1. The molecule has 2 fully saturated rings. The van der Waals surface area contributed by atoms with Crippen LogP contribution in [0.1, 0.15) is 82.0 Å². The smallest absolute Gasteiger partial charge is 0.303 e. The summed E-state index contributed by atoms with van der Waals surface area (Å²) in [4.78, 5) is 18.6. The number of pyridine rings is 1. The second-order valence-electron chi connectivity index (χ2n) is 10.7. The molecule has 204 valence electrons. The quantitative estimate of drug-likeness (QED) is 0.320. The third-order valence-electron chi connectivity index (χ3n) is 8.19. The van der Waals surface area contributed by atoms with E-state index in [2.05, 4.69) is 21.6 Å². The average Bonchev–Trinajstić information content (AvgIpc) is 3.41. The number of aromatic nitrogens is 1. The number of hydrogen-bond acceptors (Lipinski definition) is 6. The molecule has 8 heteroatoms. The van der Waals surface area contributed by atoms with Crippen LogP contribution in [0.4, 0.5) is 4.39 Å². The van der Waals surface area contributed by atoms with Crippen LogP contribution in [0.3, 0.4) is 0 Å². The molecular weight excluding hydrogens is 491 g/mol. The number of carboxylic acid groups (broad SMARTS) is 1. The van der Waals surface area contributed by atoms with Gasteiger partial charge in [0.15, 0.2) is 0 Å². The zero-order valence-electron chi connectivity index (χ0n) is 22.0. The molecular formula is C29H41FN2O4S. The molecule has 1 aromatic carbocycles. The largest absolute Gasteiger partial charge is 0.494 e. The van der Waals surface area contributed by atoms with E-state index in [4.69, 9.17) is 4.74 Å². The average molecular weight is 533 g/mol. The highest BCUT2D eigenvalue weighted by atomic mass is 32.2. The molecule has 2 aliphatic rings. The lowest BCUT2D eigenvalue weighted by Gasteiger charge is -2.41. The number of aliphatic hydroxyl groups is 1. The van der Waals surface area contributed by atoms with Crippen LogP contribution in [0.15, 0.2) is 24.4 Å². The van der Waals surface area contributed by atoms with E-state index in [9.17, 15) is 15.0 Å². The lowest BCUT2D eigenvalue weighted by molar-refractivity contribution is -0.141. The van der Waals surface area contributed by atoms with Crippen LogP contribution < -0.4 is 4.74 Å². The van der Waals surface area contributed by atoms with Gasteiger partial charge < -0.3 is 19.8 Å². The zero-order chi connectivity index (χ0) is 26.3. The molecule has 1 saturated carbocycles. The summed E-state index contributed by atoms with van der Waals surface area (Å²) in [5, 5.41) is 21.1. The van der Waals surface area contributed by atoms with Crippen molar-refractivity contribution in [2.45, 2.75) is 82.7 Å². The highest BCUT2D eigenvalue weighted by molar-refractivity contribution is 7.99. The molecule has 1 saturated heterocycles. The van der Waals surface area contributed by atoms with Gasteiger partial charge in [0.05, 0.1) is 25.2 Å². The van der Waals surface area contributed by atoms with E-state index in [0.29, 0.717) is 40.8 Å². The second kappa shape index (κ2) is 13.3. The molecule has 6 nitrogen and oxygen atoms in total. The van der Waals surface area contributed by atoms with Crippen molar-refractivity contribution in [3.63, 3.8) is 0 Å². The van der Waals surface area contributed by atoms with Gasteiger partial charge in [-0.15, -0.1) is 0 Å². The Morgan fingerprint density at radius 1 is 1.30 bits per heavy atom. The number of alkyl halides is 1. The van der Waals surface area contributed by atoms with Crippen molar-refractivity contribution < 1.29 is 24.1 Å². The van der Waals surface area contributed by atoms with Gasteiger partial charge in [0.2, 0.25) is 0 Å². The fourth-order valence-corrected chi connectivity index (χ4v) is 7.42. The maximum Gasteiger partial charge on any atom is 0.303 e. The molecule has 0 radical (unpaired) electrons.